The number of anilines is 1. The number of benzene rings is 1. The van der Waals surface area contributed by atoms with Gasteiger partial charge in [0.05, 0.1) is 40.6 Å². The number of nitrogen functional groups attached to an aromatic ring is 1. The maximum atomic E-state index is 13.0. The second-order valence-electron chi connectivity index (χ2n) is 8.73. The lowest BCUT2D eigenvalue weighted by Crippen LogP contribution is -2.44. The molecule has 1 aromatic carbocycles. The van der Waals surface area contributed by atoms with Gasteiger partial charge in [0.15, 0.2) is 0 Å². The van der Waals surface area contributed by atoms with Gasteiger partial charge in [-0.25, -0.2) is 4.79 Å². The van der Waals surface area contributed by atoms with Crippen LogP contribution in [0.25, 0.3) is 10.9 Å². The first-order chi connectivity index (χ1) is 15.8. The van der Waals surface area contributed by atoms with Crippen molar-refractivity contribution in [3.05, 3.63) is 53.4 Å². The first-order valence-electron chi connectivity index (χ1n) is 11.2. The molecular weight excluding hydrogens is 422 g/mol. The number of fused-ring (bicyclic) bond motifs is 1. The van der Waals surface area contributed by atoms with E-state index in [9.17, 15) is 19.8 Å². The van der Waals surface area contributed by atoms with E-state index in [1.54, 1.807) is 31.2 Å². The summed E-state index contributed by atoms with van der Waals surface area (Å²) in [5.74, 6) is -0.316. The molecule has 0 spiro atoms. The fourth-order valence-corrected chi connectivity index (χ4v) is 4.66. The Kier molecular flexibility index (Phi) is 6.53. The molecular formula is C25H29N3O5. The zero-order valence-electron chi connectivity index (χ0n) is 18.7. The van der Waals surface area contributed by atoms with Crippen molar-refractivity contribution in [3.63, 3.8) is 0 Å². The van der Waals surface area contributed by atoms with Crippen LogP contribution in [0.5, 0.6) is 5.75 Å². The van der Waals surface area contributed by atoms with Gasteiger partial charge in [0.25, 0.3) is 0 Å². The Labute approximate surface area is 192 Å². The minimum Gasteiger partial charge on any atom is -0.512 e. The number of carbonyl (C=O) groups is 2. The largest absolute Gasteiger partial charge is 0.512 e. The van der Waals surface area contributed by atoms with Crippen LogP contribution in [-0.4, -0.2) is 51.7 Å². The number of nitrogens with zero attached hydrogens (tertiary/aromatic N) is 2. The van der Waals surface area contributed by atoms with Crippen LogP contribution < -0.4 is 10.5 Å². The summed E-state index contributed by atoms with van der Waals surface area (Å²) in [7, 11) is 0. The third-order valence-electron chi connectivity index (χ3n) is 6.37. The molecule has 1 fully saturated rings. The van der Waals surface area contributed by atoms with Crippen LogP contribution in [0.3, 0.4) is 0 Å². The van der Waals surface area contributed by atoms with Crippen molar-refractivity contribution < 1.29 is 24.5 Å². The van der Waals surface area contributed by atoms with Gasteiger partial charge in [0, 0.05) is 25.4 Å². The summed E-state index contributed by atoms with van der Waals surface area (Å²) in [6.45, 7) is 3.33. The first kappa shape index (κ1) is 22.6. The molecule has 2 aliphatic rings. The van der Waals surface area contributed by atoms with E-state index >= 15 is 0 Å². The molecule has 8 nitrogen and oxygen atoms in total. The van der Waals surface area contributed by atoms with Gasteiger partial charge in [0.2, 0.25) is 5.91 Å². The molecule has 1 saturated heterocycles. The second-order valence-corrected chi connectivity index (χ2v) is 8.73. The normalized spacial score (nSPS) is 20.9. The third kappa shape index (κ3) is 4.79. The number of likely N-dealkylation sites (tertiary alicyclic amines) is 1. The number of carboxylic acid groups (broad SMARTS) is 1. The predicted octanol–water partition coefficient (Wildman–Crippen LogP) is 3.85. The lowest BCUT2D eigenvalue weighted by molar-refractivity contribution is -0.136. The number of aromatic nitrogens is 1. The van der Waals surface area contributed by atoms with Crippen LogP contribution in [0, 0.1) is 18.8 Å². The van der Waals surface area contributed by atoms with Crippen molar-refractivity contribution in [2.24, 2.45) is 11.8 Å². The monoisotopic (exact) mass is 451 g/mol. The average Bonchev–Trinajstić information content (AvgIpc) is 3.01. The van der Waals surface area contributed by atoms with Gasteiger partial charge in [-0.3, -0.25) is 9.78 Å². The molecule has 1 aromatic heterocycles. The summed E-state index contributed by atoms with van der Waals surface area (Å²) >= 11 is 0. The highest BCUT2D eigenvalue weighted by Crippen LogP contribution is 2.34. The molecule has 1 aliphatic heterocycles. The number of amides is 1. The van der Waals surface area contributed by atoms with E-state index in [1.807, 2.05) is 17.0 Å². The number of rotatable bonds is 5. The predicted molar refractivity (Wildman–Crippen MR) is 125 cm³/mol. The van der Waals surface area contributed by atoms with Crippen LogP contribution in [-0.2, 0) is 4.79 Å². The standard InChI is InChI=1S/C25H29N3O5/c1-15-21(25(31)32)23(26)22-19(27-15)8-3-9-20(22)33-14-16-5-4-12-28(13-16)24(30)17-6-2-7-18(29)11-10-17/h2-3,6-9,16-17,29H,4-5,10-14H2,1H3,(H2,26,27)(H,31,32). The molecule has 2 aromatic rings. The summed E-state index contributed by atoms with van der Waals surface area (Å²) in [4.78, 5) is 31.0. The number of aromatic carboxylic acids is 1. The van der Waals surface area contributed by atoms with Crippen molar-refractivity contribution in [1.82, 2.24) is 9.88 Å². The smallest absolute Gasteiger partial charge is 0.339 e. The van der Waals surface area contributed by atoms with Gasteiger partial charge in [-0.2, -0.15) is 0 Å². The van der Waals surface area contributed by atoms with Crippen molar-refractivity contribution in [2.75, 3.05) is 25.4 Å². The maximum absolute atomic E-state index is 13.0. The van der Waals surface area contributed by atoms with E-state index in [1.165, 1.54) is 0 Å². The molecule has 1 aliphatic carbocycles. The van der Waals surface area contributed by atoms with E-state index in [4.69, 9.17) is 10.5 Å². The first-order valence-corrected chi connectivity index (χ1v) is 11.2. The number of aliphatic hydroxyl groups is 1. The Morgan fingerprint density at radius 2 is 2.12 bits per heavy atom. The molecule has 33 heavy (non-hydrogen) atoms. The summed E-state index contributed by atoms with van der Waals surface area (Å²) in [6.07, 6.45) is 8.18. The zero-order chi connectivity index (χ0) is 23.5. The maximum Gasteiger partial charge on any atom is 0.339 e. The molecule has 0 saturated carbocycles. The number of aryl methyl sites for hydroxylation is 1. The minimum atomic E-state index is -1.12. The van der Waals surface area contributed by atoms with E-state index in [0.717, 1.165) is 12.8 Å². The number of nitrogens with two attached hydrogens (primary N) is 1. The lowest BCUT2D eigenvalue weighted by Gasteiger charge is -2.34. The molecule has 4 N–H and O–H groups in total. The number of piperidine rings is 1. The van der Waals surface area contributed by atoms with Gasteiger partial charge in [-0.1, -0.05) is 18.2 Å². The second kappa shape index (κ2) is 9.52. The third-order valence-corrected chi connectivity index (χ3v) is 6.37. The molecule has 1 amide bonds. The topological polar surface area (TPSA) is 126 Å². The molecule has 4 rings (SSSR count). The molecule has 2 unspecified atom stereocenters. The fraction of sp³-hybridized carbons (Fsp3) is 0.400. The Hall–Kier alpha value is -3.55. The minimum absolute atomic E-state index is 0.00929. The quantitative estimate of drug-likeness (QED) is 0.630. The fourth-order valence-electron chi connectivity index (χ4n) is 4.66. The van der Waals surface area contributed by atoms with Crippen LogP contribution >= 0.6 is 0 Å². The molecule has 2 heterocycles. The van der Waals surface area contributed by atoms with Crippen LogP contribution in [0.1, 0.15) is 41.7 Å². The molecule has 8 heteroatoms. The summed E-state index contributed by atoms with van der Waals surface area (Å²) < 4.78 is 6.12. The number of carbonyl (C=O) groups excluding carboxylic acids is 1. The van der Waals surface area contributed by atoms with Gasteiger partial charge in [-0.05, 0) is 44.4 Å². The van der Waals surface area contributed by atoms with Crippen molar-refractivity contribution in [2.45, 2.75) is 32.6 Å². The number of hydrogen-bond acceptors (Lipinski definition) is 6. The molecule has 174 valence electrons. The number of allylic oxidation sites excluding steroid dienone is 3. The molecule has 0 bridgehead atoms. The average molecular weight is 452 g/mol. The summed E-state index contributed by atoms with van der Waals surface area (Å²) in [5, 5.41) is 19.7. The summed E-state index contributed by atoms with van der Waals surface area (Å²) in [6, 6.07) is 5.36. The van der Waals surface area contributed by atoms with E-state index in [2.05, 4.69) is 4.98 Å². The SMILES string of the molecule is Cc1nc2cccc(OCC3CCCN(C(=O)C4C=CC=C(O)CC4)C3)c2c(N)c1C(=O)O. The van der Waals surface area contributed by atoms with Gasteiger partial charge in [-0.15, -0.1) is 0 Å². The number of hydrogen-bond donors (Lipinski definition) is 3. The van der Waals surface area contributed by atoms with E-state index in [0.29, 0.717) is 60.6 Å². The number of pyridine rings is 1. The van der Waals surface area contributed by atoms with Crippen LogP contribution in [0.15, 0.2) is 42.2 Å². The van der Waals surface area contributed by atoms with Crippen LogP contribution in [0.2, 0.25) is 0 Å². The number of ether oxygens (including phenoxy) is 1. The summed E-state index contributed by atoms with van der Waals surface area (Å²) in [5.41, 5.74) is 7.31. The highest BCUT2D eigenvalue weighted by atomic mass is 16.5. The highest BCUT2D eigenvalue weighted by molar-refractivity contribution is 6.06. The Bertz CT molecular complexity index is 1140. The van der Waals surface area contributed by atoms with Gasteiger partial charge >= 0.3 is 5.97 Å². The van der Waals surface area contributed by atoms with E-state index < -0.39 is 5.97 Å². The zero-order valence-corrected chi connectivity index (χ0v) is 18.7. The molecule has 2 atom stereocenters. The Balaban J connectivity index is 1.46. The van der Waals surface area contributed by atoms with Gasteiger partial charge < -0.3 is 25.6 Å². The van der Waals surface area contributed by atoms with Crippen molar-refractivity contribution >= 4 is 28.5 Å². The van der Waals surface area contributed by atoms with Crippen LogP contribution in [0.4, 0.5) is 5.69 Å². The van der Waals surface area contributed by atoms with Crippen molar-refractivity contribution in [3.8, 4) is 5.75 Å². The number of carboxylic acids is 1. The number of aliphatic hydroxyl groups excluding tert-OH is 1. The van der Waals surface area contributed by atoms with E-state index in [-0.39, 0.29) is 29.0 Å². The van der Waals surface area contributed by atoms with Crippen molar-refractivity contribution in [1.29, 1.82) is 0 Å². The van der Waals surface area contributed by atoms with Gasteiger partial charge in [0.1, 0.15) is 11.3 Å². The Morgan fingerprint density at radius 3 is 2.91 bits per heavy atom. The highest BCUT2D eigenvalue weighted by Gasteiger charge is 2.29. The lowest BCUT2D eigenvalue weighted by atomic mass is 9.95. The molecule has 0 radical (unpaired) electrons. The Morgan fingerprint density at radius 1 is 1.30 bits per heavy atom.